The van der Waals surface area contributed by atoms with Crippen molar-refractivity contribution >= 4 is 37.5 Å². The highest BCUT2D eigenvalue weighted by Crippen LogP contribution is 2.33. The van der Waals surface area contributed by atoms with E-state index in [1.807, 2.05) is 0 Å². The van der Waals surface area contributed by atoms with Crippen LogP contribution in [0.3, 0.4) is 0 Å². The van der Waals surface area contributed by atoms with Crippen molar-refractivity contribution in [2.75, 3.05) is 0 Å². The number of halogens is 4. The van der Waals surface area contributed by atoms with Crippen molar-refractivity contribution < 1.29 is 18.4 Å². The first-order valence-corrected chi connectivity index (χ1v) is 7.16. The Kier molecular flexibility index (Phi) is 4.89. The van der Waals surface area contributed by atoms with Gasteiger partial charge in [0.15, 0.2) is 5.75 Å². The van der Waals surface area contributed by atoms with E-state index < -0.39 is 16.6 Å². The van der Waals surface area contributed by atoms with Gasteiger partial charge in [-0.3, -0.25) is 10.1 Å². The van der Waals surface area contributed by atoms with Crippen LogP contribution in [0.4, 0.5) is 14.5 Å². The summed E-state index contributed by atoms with van der Waals surface area (Å²) >= 11 is 6.00. The average molecular weight is 423 g/mol. The highest BCUT2D eigenvalue weighted by atomic mass is 79.9. The molecule has 0 atom stereocenters. The SMILES string of the molecule is O=[N+]([O-])c1cc(Br)c(F)cc1OCc1cc(F)cc(Br)c1. The molecule has 4 nitrogen and oxygen atoms in total. The molecule has 0 spiro atoms. The van der Waals surface area contributed by atoms with Gasteiger partial charge in [0.25, 0.3) is 0 Å². The van der Waals surface area contributed by atoms with Gasteiger partial charge in [0.05, 0.1) is 9.40 Å². The second-order valence-corrected chi connectivity index (χ2v) is 5.83. The van der Waals surface area contributed by atoms with Crippen molar-refractivity contribution in [2.24, 2.45) is 0 Å². The molecule has 0 bridgehead atoms. The lowest BCUT2D eigenvalue weighted by molar-refractivity contribution is -0.386. The van der Waals surface area contributed by atoms with Crippen molar-refractivity contribution in [1.82, 2.24) is 0 Å². The third kappa shape index (κ3) is 3.98. The predicted molar refractivity (Wildman–Crippen MR) is 79.2 cm³/mol. The second kappa shape index (κ2) is 6.48. The van der Waals surface area contributed by atoms with Crippen LogP contribution in [0.15, 0.2) is 39.3 Å². The summed E-state index contributed by atoms with van der Waals surface area (Å²) in [5.74, 6) is -1.38. The molecule has 2 aromatic rings. The fourth-order valence-corrected chi connectivity index (χ4v) is 2.48. The zero-order valence-corrected chi connectivity index (χ0v) is 13.4. The first kappa shape index (κ1) is 15.8. The summed E-state index contributed by atoms with van der Waals surface area (Å²) in [6.07, 6.45) is 0. The Morgan fingerprint density at radius 2 is 1.86 bits per heavy atom. The molecule has 0 radical (unpaired) electrons. The Morgan fingerprint density at radius 1 is 1.14 bits per heavy atom. The van der Waals surface area contributed by atoms with Crippen LogP contribution in [0.25, 0.3) is 0 Å². The van der Waals surface area contributed by atoms with E-state index in [-0.39, 0.29) is 22.5 Å². The Labute approximate surface area is 135 Å². The minimum absolute atomic E-state index is 0.0324. The van der Waals surface area contributed by atoms with Crippen LogP contribution in [0, 0.1) is 21.7 Å². The van der Waals surface area contributed by atoms with Gasteiger partial charge < -0.3 is 4.74 Å². The van der Waals surface area contributed by atoms with E-state index in [9.17, 15) is 18.9 Å². The predicted octanol–water partition coefficient (Wildman–Crippen LogP) is 4.98. The molecule has 0 unspecified atom stereocenters. The lowest BCUT2D eigenvalue weighted by Gasteiger charge is -2.08. The Balaban J connectivity index is 2.27. The van der Waals surface area contributed by atoms with Crippen LogP contribution in [-0.2, 0) is 6.61 Å². The normalized spacial score (nSPS) is 10.5. The van der Waals surface area contributed by atoms with Crippen LogP contribution >= 0.6 is 31.9 Å². The van der Waals surface area contributed by atoms with Gasteiger partial charge in [-0.15, -0.1) is 0 Å². The van der Waals surface area contributed by atoms with Crippen molar-refractivity contribution in [3.8, 4) is 5.75 Å². The number of nitro benzene ring substituents is 1. The van der Waals surface area contributed by atoms with Gasteiger partial charge in [0.2, 0.25) is 0 Å². The first-order chi connectivity index (χ1) is 9.86. The molecule has 8 heteroatoms. The van der Waals surface area contributed by atoms with E-state index in [0.717, 1.165) is 12.1 Å². The van der Waals surface area contributed by atoms with E-state index in [0.29, 0.717) is 10.0 Å². The van der Waals surface area contributed by atoms with Crippen molar-refractivity contribution in [2.45, 2.75) is 6.61 Å². The number of hydrogen-bond donors (Lipinski definition) is 0. The molecule has 0 saturated heterocycles. The fraction of sp³-hybridized carbons (Fsp3) is 0.0769. The van der Waals surface area contributed by atoms with Gasteiger partial charge in [0, 0.05) is 16.6 Å². The maximum Gasteiger partial charge on any atom is 0.312 e. The summed E-state index contributed by atoms with van der Waals surface area (Å²) in [4.78, 5) is 10.2. The third-order valence-corrected chi connectivity index (χ3v) is 3.58. The largest absolute Gasteiger partial charge is 0.482 e. The van der Waals surface area contributed by atoms with E-state index in [1.54, 1.807) is 6.07 Å². The lowest BCUT2D eigenvalue weighted by atomic mass is 10.2. The highest BCUT2D eigenvalue weighted by Gasteiger charge is 2.19. The molecular formula is C13H7Br2F2NO3. The number of hydrogen-bond acceptors (Lipinski definition) is 3. The topological polar surface area (TPSA) is 52.4 Å². The van der Waals surface area contributed by atoms with Gasteiger partial charge in [-0.1, -0.05) is 15.9 Å². The standard InChI is InChI=1S/C13H7Br2F2NO3/c14-8-1-7(2-9(16)3-8)6-21-13-5-11(17)10(15)4-12(13)18(19)20/h1-5H,6H2. The maximum absolute atomic E-state index is 13.5. The number of nitro groups is 1. The number of rotatable bonds is 4. The molecule has 21 heavy (non-hydrogen) atoms. The van der Waals surface area contributed by atoms with Crippen LogP contribution < -0.4 is 4.74 Å². The molecular weight excluding hydrogens is 416 g/mol. The molecule has 0 aliphatic carbocycles. The molecule has 0 aliphatic rings. The summed E-state index contributed by atoms with van der Waals surface area (Å²) in [5, 5.41) is 10.9. The van der Waals surface area contributed by atoms with E-state index in [4.69, 9.17) is 4.74 Å². The molecule has 2 aromatic carbocycles. The molecule has 0 aromatic heterocycles. The molecule has 0 N–H and O–H groups in total. The Bertz CT molecular complexity index is 690. The average Bonchev–Trinajstić information content (AvgIpc) is 2.38. The molecule has 0 heterocycles. The smallest absolute Gasteiger partial charge is 0.312 e. The molecule has 0 amide bonds. The maximum atomic E-state index is 13.5. The summed E-state index contributed by atoms with van der Waals surface area (Å²) in [7, 11) is 0. The second-order valence-electron chi connectivity index (χ2n) is 4.06. The number of benzene rings is 2. The van der Waals surface area contributed by atoms with Gasteiger partial charge in [0.1, 0.15) is 18.2 Å². The number of ether oxygens (including phenoxy) is 1. The van der Waals surface area contributed by atoms with Gasteiger partial charge in [-0.2, -0.15) is 0 Å². The Hall–Kier alpha value is -1.54. The monoisotopic (exact) mass is 421 g/mol. The summed E-state index contributed by atoms with van der Waals surface area (Å²) in [6.45, 7) is -0.127. The highest BCUT2D eigenvalue weighted by molar-refractivity contribution is 9.10. The third-order valence-electron chi connectivity index (χ3n) is 2.52. The van der Waals surface area contributed by atoms with Gasteiger partial charge >= 0.3 is 5.69 Å². The first-order valence-electron chi connectivity index (χ1n) is 5.58. The zero-order valence-electron chi connectivity index (χ0n) is 10.3. The van der Waals surface area contributed by atoms with Crippen molar-refractivity contribution in [1.29, 1.82) is 0 Å². The van der Waals surface area contributed by atoms with Crippen LogP contribution in [0.1, 0.15) is 5.56 Å². The quantitative estimate of drug-likeness (QED) is 0.515. The molecule has 110 valence electrons. The van der Waals surface area contributed by atoms with Gasteiger partial charge in [-0.25, -0.2) is 8.78 Å². The van der Waals surface area contributed by atoms with E-state index in [1.165, 1.54) is 12.1 Å². The van der Waals surface area contributed by atoms with Gasteiger partial charge in [-0.05, 0) is 39.7 Å². The van der Waals surface area contributed by atoms with Crippen molar-refractivity contribution in [3.63, 3.8) is 0 Å². The molecule has 2 rings (SSSR count). The molecule has 0 aliphatic heterocycles. The minimum atomic E-state index is -0.684. The number of nitrogens with zero attached hydrogens (tertiary/aromatic N) is 1. The van der Waals surface area contributed by atoms with Crippen LogP contribution in [0.2, 0.25) is 0 Å². The van der Waals surface area contributed by atoms with E-state index in [2.05, 4.69) is 31.9 Å². The molecule has 0 fully saturated rings. The van der Waals surface area contributed by atoms with Crippen LogP contribution in [0.5, 0.6) is 5.75 Å². The fourth-order valence-electron chi connectivity index (χ4n) is 1.63. The Morgan fingerprint density at radius 3 is 2.48 bits per heavy atom. The lowest BCUT2D eigenvalue weighted by Crippen LogP contribution is -2.00. The summed E-state index contributed by atoms with van der Waals surface area (Å²) in [6, 6.07) is 6.03. The minimum Gasteiger partial charge on any atom is -0.482 e. The molecule has 0 saturated carbocycles. The van der Waals surface area contributed by atoms with E-state index >= 15 is 0 Å². The summed E-state index contributed by atoms with van der Waals surface area (Å²) < 4.78 is 32.4. The zero-order chi connectivity index (χ0) is 15.6. The summed E-state index contributed by atoms with van der Waals surface area (Å²) in [5.41, 5.74) is 0.0817. The van der Waals surface area contributed by atoms with Crippen molar-refractivity contribution in [3.05, 3.63) is 66.6 Å². The van der Waals surface area contributed by atoms with Crippen LogP contribution in [-0.4, -0.2) is 4.92 Å².